The number of nitrogens with zero attached hydrogens (tertiary/aromatic N) is 1. The van der Waals surface area contributed by atoms with E-state index in [0.29, 0.717) is 31.4 Å². The van der Waals surface area contributed by atoms with Crippen LogP contribution in [0.15, 0.2) is 18.2 Å². The van der Waals surface area contributed by atoms with Crippen LogP contribution in [0.25, 0.3) is 0 Å². The van der Waals surface area contributed by atoms with Gasteiger partial charge in [-0.1, -0.05) is 0 Å². The Labute approximate surface area is 136 Å². The Hall–Kier alpha value is -2.29. The fourth-order valence-electron chi connectivity index (χ4n) is 2.78. The van der Waals surface area contributed by atoms with E-state index in [9.17, 15) is 23.7 Å². The van der Waals surface area contributed by atoms with Gasteiger partial charge in [-0.3, -0.25) is 10.1 Å². The van der Waals surface area contributed by atoms with Gasteiger partial charge in [0.2, 0.25) is 0 Å². The second-order valence-corrected chi connectivity index (χ2v) is 5.65. The zero-order chi connectivity index (χ0) is 17.7. The summed E-state index contributed by atoms with van der Waals surface area (Å²) in [5.41, 5.74) is -0.796. The summed E-state index contributed by atoms with van der Waals surface area (Å²) in [4.78, 5) is 20.4. The predicted octanol–water partition coefficient (Wildman–Crippen LogP) is 3.36. The van der Waals surface area contributed by atoms with Gasteiger partial charge in [0.15, 0.2) is 0 Å². The van der Waals surface area contributed by atoms with Crippen LogP contribution in [-0.2, 0) is 9.53 Å². The highest BCUT2D eigenvalue weighted by molar-refractivity contribution is 5.68. The minimum Gasteiger partial charge on any atom is -0.480 e. The van der Waals surface area contributed by atoms with Crippen LogP contribution in [0.4, 0.5) is 20.2 Å². The molecule has 1 aliphatic rings. The van der Waals surface area contributed by atoms with Gasteiger partial charge >= 0.3 is 5.97 Å². The summed E-state index contributed by atoms with van der Waals surface area (Å²) in [5, 5.41) is 22.4. The van der Waals surface area contributed by atoms with Gasteiger partial charge < -0.3 is 15.2 Å². The van der Waals surface area contributed by atoms with Gasteiger partial charge in [-0.25, -0.2) is 13.6 Å². The molecule has 0 spiro atoms. The molecule has 7 nitrogen and oxygen atoms in total. The third-order valence-corrected chi connectivity index (χ3v) is 3.95. The lowest BCUT2D eigenvalue weighted by Gasteiger charge is -2.29. The van der Waals surface area contributed by atoms with E-state index in [4.69, 9.17) is 9.84 Å². The minimum atomic E-state index is -2.92. The molecule has 132 valence electrons. The zero-order valence-electron chi connectivity index (χ0n) is 12.8. The zero-order valence-corrected chi connectivity index (χ0v) is 12.8. The highest BCUT2D eigenvalue weighted by Gasteiger charge is 2.25. The Morgan fingerprint density at radius 2 is 2.04 bits per heavy atom. The first kappa shape index (κ1) is 18.1. The number of halogens is 2. The molecule has 0 aromatic heterocycles. The number of ether oxygens (including phenoxy) is 1. The maximum atomic E-state index is 13.0. The molecule has 0 aliphatic heterocycles. The number of rotatable bonds is 7. The monoisotopic (exact) mass is 344 g/mol. The van der Waals surface area contributed by atoms with Crippen LogP contribution in [0.5, 0.6) is 0 Å². The Kier molecular flexibility index (Phi) is 6.02. The standard InChI is InChI=1S/C15H18F2N2O5/c16-15(17)12-7-10(3-6-13(12)19(22)23)18-9-1-4-11(5-2-9)24-8-14(20)21/h3,6-7,9,11,15,18H,1-2,4-5,8H2,(H,20,21). The number of aliphatic carboxylic acids is 1. The highest BCUT2D eigenvalue weighted by atomic mass is 19.3. The maximum absolute atomic E-state index is 13.0. The van der Waals surface area contributed by atoms with E-state index in [0.717, 1.165) is 12.1 Å². The quantitative estimate of drug-likeness (QED) is 0.581. The van der Waals surface area contributed by atoms with Gasteiger partial charge in [0.25, 0.3) is 12.1 Å². The number of carbonyl (C=O) groups is 1. The van der Waals surface area contributed by atoms with Gasteiger partial charge in [0, 0.05) is 17.8 Å². The predicted molar refractivity (Wildman–Crippen MR) is 81.3 cm³/mol. The second-order valence-electron chi connectivity index (χ2n) is 5.65. The Morgan fingerprint density at radius 3 is 2.58 bits per heavy atom. The molecule has 2 rings (SSSR count). The molecule has 1 saturated carbocycles. The number of carboxylic acids is 1. The summed E-state index contributed by atoms with van der Waals surface area (Å²) < 4.78 is 31.1. The van der Waals surface area contributed by atoms with E-state index in [1.807, 2.05) is 0 Å². The first-order valence-electron chi connectivity index (χ1n) is 7.53. The number of nitro benzene ring substituents is 1. The molecule has 1 fully saturated rings. The van der Waals surface area contributed by atoms with Crippen LogP contribution in [0.3, 0.4) is 0 Å². The van der Waals surface area contributed by atoms with E-state index < -0.39 is 28.6 Å². The van der Waals surface area contributed by atoms with E-state index in [-0.39, 0.29) is 18.8 Å². The molecular weight excluding hydrogens is 326 g/mol. The lowest BCUT2D eigenvalue weighted by Crippen LogP contribution is -2.30. The van der Waals surface area contributed by atoms with Crippen molar-refractivity contribution in [1.82, 2.24) is 0 Å². The van der Waals surface area contributed by atoms with Gasteiger partial charge in [0.1, 0.15) is 6.61 Å². The molecule has 1 aromatic rings. The number of hydrogen-bond donors (Lipinski definition) is 2. The summed E-state index contributed by atoms with van der Waals surface area (Å²) in [6, 6.07) is 3.62. The average Bonchev–Trinajstić information content (AvgIpc) is 2.53. The topological polar surface area (TPSA) is 102 Å². The number of carboxylic acid groups (broad SMARTS) is 1. The molecule has 0 bridgehead atoms. The van der Waals surface area contributed by atoms with Crippen molar-refractivity contribution in [3.05, 3.63) is 33.9 Å². The lowest BCUT2D eigenvalue weighted by molar-refractivity contribution is -0.386. The van der Waals surface area contributed by atoms with Crippen LogP contribution >= 0.6 is 0 Å². The van der Waals surface area contributed by atoms with Gasteiger partial charge in [-0.15, -0.1) is 0 Å². The van der Waals surface area contributed by atoms with E-state index in [1.165, 1.54) is 6.07 Å². The number of benzene rings is 1. The van der Waals surface area contributed by atoms with Gasteiger partial charge in [0.05, 0.1) is 16.6 Å². The Bertz CT molecular complexity index is 604. The van der Waals surface area contributed by atoms with Crippen LogP contribution in [-0.4, -0.2) is 34.8 Å². The fourth-order valence-corrected chi connectivity index (χ4v) is 2.78. The van der Waals surface area contributed by atoms with Crippen LogP contribution in [0.2, 0.25) is 0 Å². The van der Waals surface area contributed by atoms with Gasteiger partial charge in [-0.05, 0) is 37.8 Å². The smallest absolute Gasteiger partial charge is 0.329 e. The molecule has 24 heavy (non-hydrogen) atoms. The molecule has 2 N–H and O–H groups in total. The van der Waals surface area contributed by atoms with Gasteiger partial charge in [-0.2, -0.15) is 0 Å². The van der Waals surface area contributed by atoms with Crippen molar-refractivity contribution in [3.63, 3.8) is 0 Å². The molecule has 0 amide bonds. The molecule has 0 radical (unpaired) electrons. The highest BCUT2D eigenvalue weighted by Crippen LogP contribution is 2.32. The third kappa shape index (κ3) is 4.85. The summed E-state index contributed by atoms with van der Waals surface area (Å²) >= 11 is 0. The number of alkyl halides is 2. The normalized spacial score (nSPS) is 20.8. The largest absolute Gasteiger partial charge is 0.480 e. The number of nitro groups is 1. The second kappa shape index (κ2) is 8.00. The van der Waals surface area contributed by atoms with Crippen LogP contribution in [0.1, 0.15) is 37.7 Å². The van der Waals surface area contributed by atoms with E-state index >= 15 is 0 Å². The van der Waals surface area contributed by atoms with Crippen molar-refractivity contribution in [2.45, 2.75) is 44.3 Å². The van der Waals surface area contributed by atoms with Crippen molar-refractivity contribution in [2.24, 2.45) is 0 Å². The molecule has 0 atom stereocenters. The number of anilines is 1. The van der Waals surface area contributed by atoms with Crippen molar-refractivity contribution in [3.8, 4) is 0 Å². The Morgan fingerprint density at radius 1 is 1.38 bits per heavy atom. The van der Waals surface area contributed by atoms with E-state index in [1.54, 1.807) is 0 Å². The van der Waals surface area contributed by atoms with Crippen molar-refractivity contribution in [1.29, 1.82) is 0 Å². The summed E-state index contributed by atoms with van der Waals surface area (Å²) in [5.74, 6) is -1.01. The SMILES string of the molecule is O=C(O)COC1CCC(Nc2ccc([N+](=O)[O-])c(C(F)F)c2)CC1. The van der Waals surface area contributed by atoms with Crippen molar-refractivity contribution < 1.29 is 28.3 Å². The molecule has 9 heteroatoms. The fraction of sp³-hybridized carbons (Fsp3) is 0.533. The maximum Gasteiger partial charge on any atom is 0.329 e. The molecular formula is C15H18F2N2O5. The minimum absolute atomic E-state index is 0.0293. The average molecular weight is 344 g/mol. The summed E-state index contributed by atoms with van der Waals surface area (Å²) in [7, 11) is 0. The number of nitrogens with one attached hydrogen (secondary N) is 1. The first-order valence-corrected chi connectivity index (χ1v) is 7.53. The summed E-state index contributed by atoms with van der Waals surface area (Å²) in [6.45, 7) is -0.330. The molecule has 1 aromatic carbocycles. The van der Waals surface area contributed by atoms with Crippen molar-refractivity contribution in [2.75, 3.05) is 11.9 Å². The Balaban J connectivity index is 1.94. The van der Waals surface area contributed by atoms with Crippen LogP contribution in [0, 0.1) is 10.1 Å². The first-order chi connectivity index (χ1) is 11.4. The lowest BCUT2D eigenvalue weighted by atomic mass is 9.92. The molecule has 0 heterocycles. The number of hydrogen-bond acceptors (Lipinski definition) is 5. The molecule has 0 unspecified atom stereocenters. The van der Waals surface area contributed by atoms with Crippen LogP contribution < -0.4 is 5.32 Å². The third-order valence-electron chi connectivity index (χ3n) is 3.95. The molecule has 1 aliphatic carbocycles. The van der Waals surface area contributed by atoms with E-state index in [2.05, 4.69) is 5.32 Å². The van der Waals surface area contributed by atoms with Crippen molar-refractivity contribution >= 4 is 17.3 Å². The molecule has 0 saturated heterocycles. The summed E-state index contributed by atoms with van der Waals surface area (Å²) in [6.07, 6.45) is -0.310.